The molecule has 4 aliphatic carbocycles. The fourth-order valence-electron chi connectivity index (χ4n) is 13.4. The number of benzene rings is 2. The van der Waals surface area contributed by atoms with E-state index < -0.39 is 6.10 Å². The molecular formula is C52H82O7. The number of rotatable bonds is 10. The van der Waals surface area contributed by atoms with Gasteiger partial charge in [-0.1, -0.05) is 81.1 Å². The highest BCUT2D eigenvalue weighted by Gasteiger charge is 2.55. The molecule has 1 unspecified atom stereocenters. The van der Waals surface area contributed by atoms with Gasteiger partial charge < -0.3 is 28.8 Å². The van der Waals surface area contributed by atoms with Crippen LogP contribution >= 0.6 is 0 Å². The van der Waals surface area contributed by atoms with Gasteiger partial charge in [0.1, 0.15) is 23.0 Å². The van der Waals surface area contributed by atoms with Gasteiger partial charge in [-0.3, -0.25) is 4.79 Å². The Balaban J connectivity index is 0.000000200. The normalized spacial score (nSPS) is 32.4. The van der Waals surface area contributed by atoms with E-state index in [-0.39, 0.29) is 11.2 Å². The van der Waals surface area contributed by atoms with Crippen LogP contribution in [0.2, 0.25) is 0 Å². The van der Waals surface area contributed by atoms with Crippen molar-refractivity contribution in [2.24, 2.45) is 57.2 Å². The fraction of sp³-hybridized carbons (Fsp3) is 0.750. The quantitative estimate of drug-likeness (QED) is 0.239. The Bertz CT molecular complexity index is 1610. The van der Waals surface area contributed by atoms with Gasteiger partial charge in [-0.25, -0.2) is 0 Å². The zero-order valence-corrected chi connectivity index (χ0v) is 39.2. The third-order valence-corrected chi connectivity index (χ3v) is 16.6. The summed E-state index contributed by atoms with van der Waals surface area (Å²) in [6, 6.07) is 11.3. The minimum absolute atomic E-state index is 0.217. The summed E-state index contributed by atoms with van der Waals surface area (Å²) >= 11 is 0. The molecule has 0 aromatic heterocycles. The van der Waals surface area contributed by atoms with Gasteiger partial charge in [-0.2, -0.15) is 0 Å². The maximum Gasteiger partial charge on any atom is 0.163 e. The molecule has 332 valence electrons. The Hall–Kier alpha value is -2.77. The monoisotopic (exact) mass is 819 g/mol. The lowest BCUT2D eigenvalue weighted by atomic mass is 9.46. The molecule has 7 heteroatoms. The van der Waals surface area contributed by atoms with Crippen LogP contribution in [0.1, 0.15) is 167 Å². The number of hydrogen-bond acceptors (Lipinski definition) is 7. The molecule has 7 nitrogen and oxygen atoms in total. The van der Waals surface area contributed by atoms with Crippen LogP contribution < -0.4 is 18.9 Å². The molecule has 0 radical (unpaired) electrons. The number of methoxy groups -OCH3 is 4. The number of carbonyl (C=O) groups is 1. The molecule has 1 heterocycles. The number of ketones is 1. The summed E-state index contributed by atoms with van der Waals surface area (Å²) in [6.07, 6.45) is 16.5. The lowest BCUT2D eigenvalue weighted by Crippen LogP contribution is -2.51. The number of hydrogen-bond donors (Lipinski definition) is 1. The molecule has 59 heavy (non-hydrogen) atoms. The minimum atomic E-state index is -0.484. The molecule has 5 fully saturated rings. The molecule has 1 aliphatic heterocycles. The standard InChI is InChI=1S/C24H38O3.C24H36O3.C4H8O/c2*1-16-8-9-22-23(2,3)10-7-11-24(22,4)20(16)15-21(25)17-12-18(26-5)14-19(13-17)27-6;1-2-4-5-3-1/h12-14,16,20-22,25H,7-11,15H2,1-6H3;12-14,16,20,22H,7-11,15H2,1-6H3;1-4H2/t16-,20-,21?,22-,24+;16-,20-,22-,24+;/m00./s1. The van der Waals surface area contributed by atoms with Gasteiger partial charge in [-0.15, -0.1) is 0 Å². The molecule has 7 rings (SSSR count). The summed E-state index contributed by atoms with van der Waals surface area (Å²) in [5.41, 5.74) is 2.99. The Morgan fingerprint density at radius 3 is 1.47 bits per heavy atom. The van der Waals surface area contributed by atoms with Crippen molar-refractivity contribution in [1.29, 1.82) is 0 Å². The van der Waals surface area contributed by atoms with Gasteiger partial charge in [0.25, 0.3) is 0 Å². The summed E-state index contributed by atoms with van der Waals surface area (Å²) in [4.78, 5) is 13.3. The van der Waals surface area contributed by atoms with Crippen molar-refractivity contribution in [1.82, 2.24) is 0 Å². The van der Waals surface area contributed by atoms with Crippen molar-refractivity contribution >= 4 is 5.78 Å². The molecule has 0 spiro atoms. The average molecular weight is 819 g/mol. The highest BCUT2D eigenvalue weighted by molar-refractivity contribution is 5.97. The van der Waals surface area contributed by atoms with Crippen LogP contribution in [-0.4, -0.2) is 52.5 Å². The van der Waals surface area contributed by atoms with Gasteiger partial charge in [0.05, 0.1) is 34.5 Å². The summed E-state index contributed by atoms with van der Waals surface area (Å²) in [6.45, 7) is 21.5. The van der Waals surface area contributed by atoms with Crippen LogP contribution in [0.4, 0.5) is 0 Å². The molecule has 5 aliphatic rings. The molecule has 1 N–H and O–H groups in total. The van der Waals surface area contributed by atoms with Gasteiger partial charge in [-0.05, 0) is 145 Å². The summed E-state index contributed by atoms with van der Waals surface area (Å²) in [5.74, 6) is 6.76. The second-order valence-electron chi connectivity index (χ2n) is 21.1. The number of ether oxygens (including phenoxy) is 5. The first-order chi connectivity index (χ1) is 27.9. The first kappa shape index (κ1) is 47.3. The van der Waals surface area contributed by atoms with Crippen molar-refractivity contribution in [3.8, 4) is 23.0 Å². The van der Waals surface area contributed by atoms with Crippen LogP contribution in [0.5, 0.6) is 23.0 Å². The van der Waals surface area contributed by atoms with Gasteiger partial charge >= 0.3 is 0 Å². The predicted octanol–water partition coefficient (Wildman–Crippen LogP) is 13.0. The van der Waals surface area contributed by atoms with Gasteiger partial charge in [0.15, 0.2) is 5.78 Å². The van der Waals surface area contributed by atoms with Crippen molar-refractivity contribution < 1.29 is 33.6 Å². The maximum absolute atomic E-state index is 13.3. The molecule has 4 saturated carbocycles. The first-order valence-corrected chi connectivity index (χ1v) is 23.2. The third kappa shape index (κ3) is 10.8. The number of Topliss-reactive ketones (excluding diaryl/α,β-unsaturated/α-hetero) is 1. The van der Waals surface area contributed by atoms with E-state index in [9.17, 15) is 9.90 Å². The van der Waals surface area contributed by atoms with E-state index in [2.05, 4.69) is 55.4 Å². The largest absolute Gasteiger partial charge is 0.497 e. The number of aliphatic hydroxyl groups is 1. The van der Waals surface area contributed by atoms with Crippen LogP contribution in [0.15, 0.2) is 36.4 Å². The van der Waals surface area contributed by atoms with E-state index >= 15 is 0 Å². The SMILES string of the molecule is C1CCOC1.COc1cc(OC)cc(C(=O)C[C@H]2[C@@H](C)CC[C@H]3C(C)(C)CCC[C@]23C)c1.COc1cc(OC)cc(C(O)C[C@H]2[C@@H](C)CC[C@H]3C(C)(C)CCC[C@]23C)c1. The average Bonchev–Trinajstić information content (AvgIpc) is 3.80. The summed E-state index contributed by atoms with van der Waals surface area (Å²) in [5, 5.41) is 11.2. The lowest BCUT2D eigenvalue weighted by Gasteiger charge is -2.59. The maximum atomic E-state index is 13.3. The van der Waals surface area contributed by atoms with Crippen LogP contribution in [0.3, 0.4) is 0 Å². The van der Waals surface area contributed by atoms with Crippen LogP contribution in [-0.2, 0) is 4.74 Å². The van der Waals surface area contributed by atoms with E-state index in [4.69, 9.17) is 23.7 Å². The minimum Gasteiger partial charge on any atom is -0.497 e. The molecular weight excluding hydrogens is 737 g/mol. The second kappa shape index (κ2) is 20.0. The predicted molar refractivity (Wildman–Crippen MR) is 240 cm³/mol. The van der Waals surface area contributed by atoms with E-state index in [1.54, 1.807) is 28.4 Å². The van der Waals surface area contributed by atoms with Crippen molar-refractivity contribution in [2.45, 2.75) is 151 Å². The van der Waals surface area contributed by atoms with E-state index in [1.807, 2.05) is 36.4 Å². The zero-order valence-electron chi connectivity index (χ0n) is 39.2. The highest BCUT2D eigenvalue weighted by Crippen LogP contribution is 2.63. The van der Waals surface area contributed by atoms with Crippen LogP contribution in [0, 0.1) is 57.2 Å². The molecule has 0 bridgehead atoms. The molecule has 9 atom stereocenters. The van der Waals surface area contributed by atoms with Crippen molar-refractivity contribution in [3.63, 3.8) is 0 Å². The topological polar surface area (TPSA) is 83.5 Å². The lowest BCUT2D eigenvalue weighted by molar-refractivity contribution is -0.106. The Morgan fingerprint density at radius 1 is 0.627 bits per heavy atom. The molecule has 2 aromatic rings. The number of aliphatic hydroxyl groups excluding tert-OH is 1. The van der Waals surface area contributed by atoms with Gasteiger partial charge in [0.2, 0.25) is 0 Å². The molecule has 0 amide bonds. The smallest absolute Gasteiger partial charge is 0.163 e. The van der Waals surface area contributed by atoms with E-state index in [0.29, 0.717) is 69.3 Å². The van der Waals surface area contributed by atoms with E-state index in [1.165, 1.54) is 77.0 Å². The number of carbonyl (C=O) groups excluding carboxylic acids is 1. The molecule has 2 aromatic carbocycles. The Morgan fingerprint density at radius 2 is 1.05 bits per heavy atom. The third-order valence-electron chi connectivity index (χ3n) is 16.6. The van der Waals surface area contributed by atoms with Crippen molar-refractivity contribution in [2.75, 3.05) is 41.7 Å². The Labute approximate surface area is 359 Å². The highest BCUT2D eigenvalue weighted by atomic mass is 16.5. The fourth-order valence-corrected chi connectivity index (χ4v) is 13.4. The van der Waals surface area contributed by atoms with E-state index in [0.717, 1.165) is 42.6 Å². The molecule has 1 saturated heterocycles. The van der Waals surface area contributed by atoms with Gasteiger partial charge in [0, 0.05) is 37.3 Å². The Kier molecular flexibility index (Phi) is 16.0. The number of fused-ring (bicyclic) bond motifs is 2. The summed E-state index contributed by atoms with van der Waals surface area (Å²) in [7, 11) is 6.57. The summed E-state index contributed by atoms with van der Waals surface area (Å²) < 4.78 is 26.5. The zero-order chi connectivity index (χ0) is 43.2. The second-order valence-corrected chi connectivity index (χ2v) is 21.1. The first-order valence-electron chi connectivity index (χ1n) is 23.2. The van der Waals surface area contributed by atoms with Crippen LogP contribution in [0.25, 0.3) is 0 Å². The van der Waals surface area contributed by atoms with Crippen molar-refractivity contribution in [3.05, 3.63) is 47.5 Å².